The van der Waals surface area contributed by atoms with Crippen LogP contribution in [0.3, 0.4) is 0 Å². The standard InChI is InChI=1S/C17H18ClNO3/c1-9-15(11(3)20)10(2)19-16(9)17(21)12(4)22-14-8-6-5-7-13(14)18/h5-8,12,19H,1-4H3/t12-/m1/s1. The Morgan fingerprint density at radius 2 is 1.86 bits per heavy atom. The number of benzene rings is 1. The number of ether oxygens (including phenoxy) is 1. The lowest BCUT2D eigenvalue weighted by Crippen LogP contribution is -2.25. The van der Waals surface area contributed by atoms with Crippen LogP contribution in [0.25, 0.3) is 0 Å². The maximum absolute atomic E-state index is 12.6. The summed E-state index contributed by atoms with van der Waals surface area (Å²) in [6.45, 7) is 6.69. The van der Waals surface area contributed by atoms with Gasteiger partial charge in [0.25, 0.3) is 0 Å². The predicted octanol–water partition coefficient (Wildman–Crippen LogP) is 4.14. The van der Waals surface area contributed by atoms with Gasteiger partial charge in [-0.15, -0.1) is 0 Å². The smallest absolute Gasteiger partial charge is 0.219 e. The molecule has 116 valence electrons. The number of nitrogens with one attached hydrogen (secondary N) is 1. The fraction of sp³-hybridized carbons (Fsp3) is 0.294. The molecule has 0 aliphatic heterocycles. The molecule has 1 aromatic heterocycles. The van der Waals surface area contributed by atoms with E-state index in [1.54, 1.807) is 45.0 Å². The number of aryl methyl sites for hydroxylation is 1. The molecule has 0 saturated carbocycles. The fourth-order valence-corrected chi connectivity index (χ4v) is 2.69. The number of halogens is 1. The number of ketones is 2. The minimum atomic E-state index is -0.712. The van der Waals surface area contributed by atoms with Gasteiger partial charge in [0.05, 0.1) is 10.7 Å². The number of H-pyrrole nitrogens is 1. The largest absolute Gasteiger partial charge is 0.481 e. The molecule has 0 bridgehead atoms. The van der Waals surface area contributed by atoms with Crippen molar-refractivity contribution in [3.05, 3.63) is 51.8 Å². The lowest BCUT2D eigenvalue weighted by atomic mass is 10.0. The Labute approximate surface area is 134 Å². The zero-order valence-electron chi connectivity index (χ0n) is 13.0. The Morgan fingerprint density at radius 1 is 1.23 bits per heavy atom. The van der Waals surface area contributed by atoms with Crippen molar-refractivity contribution in [2.75, 3.05) is 0 Å². The summed E-state index contributed by atoms with van der Waals surface area (Å²) in [6.07, 6.45) is -0.712. The second-order valence-corrected chi connectivity index (χ2v) is 5.64. The molecule has 2 aromatic rings. The van der Waals surface area contributed by atoms with Crippen LogP contribution < -0.4 is 4.74 Å². The van der Waals surface area contributed by atoms with E-state index >= 15 is 0 Å². The molecule has 1 atom stereocenters. The first-order valence-corrected chi connectivity index (χ1v) is 7.36. The van der Waals surface area contributed by atoms with Crippen LogP contribution in [0.1, 0.15) is 46.0 Å². The molecule has 4 nitrogen and oxygen atoms in total. The molecule has 0 fully saturated rings. The summed E-state index contributed by atoms with van der Waals surface area (Å²) < 4.78 is 5.64. The molecule has 0 saturated heterocycles. The van der Waals surface area contributed by atoms with E-state index in [0.29, 0.717) is 33.3 Å². The van der Waals surface area contributed by atoms with Gasteiger partial charge in [-0.2, -0.15) is 0 Å². The highest BCUT2D eigenvalue weighted by Gasteiger charge is 2.25. The summed E-state index contributed by atoms with van der Waals surface area (Å²) in [6, 6.07) is 6.99. The molecule has 1 N–H and O–H groups in total. The van der Waals surface area contributed by atoms with Gasteiger partial charge < -0.3 is 9.72 Å². The van der Waals surface area contributed by atoms with Crippen molar-refractivity contribution < 1.29 is 14.3 Å². The number of Topliss-reactive ketones (excluding diaryl/α,β-unsaturated/α-hetero) is 2. The number of carbonyl (C=O) groups is 2. The van der Waals surface area contributed by atoms with Gasteiger partial charge in [-0.25, -0.2) is 0 Å². The summed E-state index contributed by atoms with van der Waals surface area (Å²) in [5, 5.41) is 0.450. The second-order valence-electron chi connectivity index (χ2n) is 5.24. The highest BCUT2D eigenvalue weighted by molar-refractivity contribution is 6.32. The average Bonchev–Trinajstić information content (AvgIpc) is 2.75. The lowest BCUT2D eigenvalue weighted by molar-refractivity contribution is 0.0813. The van der Waals surface area contributed by atoms with Gasteiger partial charge in [-0.05, 0) is 45.4 Å². The molecule has 5 heteroatoms. The minimum Gasteiger partial charge on any atom is -0.481 e. The predicted molar refractivity (Wildman–Crippen MR) is 86.1 cm³/mol. The minimum absolute atomic E-state index is 0.0648. The van der Waals surface area contributed by atoms with Gasteiger partial charge in [0.2, 0.25) is 5.78 Å². The van der Waals surface area contributed by atoms with Crippen molar-refractivity contribution in [2.45, 2.75) is 33.8 Å². The van der Waals surface area contributed by atoms with Crippen LogP contribution in [0, 0.1) is 13.8 Å². The van der Waals surface area contributed by atoms with Gasteiger partial charge in [0.15, 0.2) is 11.9 Å². The van der Waals surface area contributed by atoms with Crippen LogP contribution >= 0.6 is 11.6 Å². The maximum Gasteiger partial charge on any atom is 0.219 e. The summed E-state index contributed by atoms with van der Waals surface area (Å²) in [7, 11) is 0. The van der Waals surface area contributed by atoms with Crippen LogP contribution in [0.15, 0.2) is 24.3 Å². The van der Waals surface area contributed by atoms with Crippen LogP contribution in [0.5, 0.6) is 5.75 Å². The first-order valence-electron chi connectivity index (χ1n) is 6.98. The quantitative estimate of drug-likeness (QED) is 0.843. The molecule has 2 rings (SSSR count). The van der Waals surface area contributed by atoms with Gasteiger partial charge in [-0.3, -0.25) is 9.59 Å². The second kappa shape index (κ2) is 6.36. The molecule has 0 unspecified atom stereocenters. The van der Waals surface area contributed by atoms with Gasteiger partial charge >= 0.3 is 0 Å². The molecule has 22 heavy (non-hydrogen) atoms. The van der Waals surface area contributed by atoms with E-state index in [-0.39, 0.29) is 11.6 Å². The van der Waals surface area contributed by atoms with Crippen LogP contribution in [0.2, 0.25) is 5.02 Å². The van der Waals surface area contributed by atoms with Crippen LogP contribution in [-0.2, 0) is 0 Å². The lowest BCUT2D eigenvalue weighted by Gasteiger charge is -2.14. The van der Waals surface area contributed by atoms with Crippen molar-refractivity contribution in [1.29, 1.82) is 0 Å². The summed E-state index contributed by atoms with van der Waals surface area (Å²) in [5.41, 5.74) is 2.32. The topological polar surface area (TPSA) is 59.2 Å². The average molecular weight is 320 g/mol. The van der Waals surface area contributed by atoms with E-state index in [4.69, 9.17) is 16.3 Å². The first kappa shape index (κ1) is 16.3. The third-order valence-corrected chi connectivity index (χ3v) is 3.86. The monoisotopic (exact) mass is 319 g/mol. The number of para-hydroxylation sites is 1. The highest BCUT2D eigenvalue weighted by atomic mass is 35.5. The Balaban J connectivity index is 2.27. The molecular formula is C17H18ClNO3. The Kier molecular flexibility index (Phi) is 4.71. The van der Waals surface area contributed by atoms with E-state index in [0.717, 1.165) is 0 Å². The van der Waals surface area contributed by atoms with Crippen molar-refractivity contribution in [3.8, 4) is 5.75 Å². The molecule has 0 aliphatic carbocycles. The normalized spacial score (nSPS) is 12.0. The zero-order valence-corrected chi connectivity index (χ0v) is 13.7. The van der Waals surface area contributed by atoms with Gasteiger partial charge in [-0.1, -0.05) is 23.7 Å². The molecule has 0 radical (unpaired) electrons. The molecule has 0 spiro atoms. The third-order valence-electron chi connectivity index (χ3n) is 3.55. The van der Waals surface area contributed by atoms with E-state index in [1.165, 1.54) is 6.92 Å². The number of hydrogen-bond acceptors (Lipinski definition) is 3. The van der Waals surface area contributed by atoms with Crippen molar-refractivity contribution in [2.24, 2.45) is 0 Å². The molecule has 0 aliphatic rings. The van der Waals surface area contributed by atoms with E-state index in [9.17, 15) is 9.59 Å². The number of aromatic amines is 1. The van der Waals surface area contributed by atoms with Crippen molar-refractivity contribution in [1.82, 2.24) is 4.98 Å². The SMILES string of the molecule is CC(=O)c1c(C)[nH]c(C(=O)[C@@H](C)Oc2ccccc2Cl)c1C. The third kappa shape index (κ3) is 3.07. The maximum atomic E-state index is 12.6. The van der Waals surface area contributed by atoms with E-state index < -0.39 is 6.10 Å². The first-order chi connectivity index (χ1) is 10.3. The number of aromatic nitrogens is 1. The molecule has 1 aromatic carbocycles. The van der Waals surface area contributed by atoms with E-state index in [2.05, 4.69) is 4.98 Å². The van der Waals surface area contributed by atoms with Gasteiger partial charge in [0, 0.05) is 11.3 Å². The Bertz CT molecular complexity index is 734. The summed E-state index contributed by atoms with van der Waals surface area (Å²) >= 11 is 6.03. The number of rotatable bonds is 5. The number of carbonyl (C=O) groups excluding carboxylic acids is 2. The zero-order chi connectivity index (χ0) is 16.4. The van der Waals surface area contributed by atoms with Crippen molar-refractivity contribution >= 4 is 23.2 Å². The van der Waals surface area contributed by atoms with Crippen LogP contribution in [0.4, 0.5) is 0 Å². The number of hydrogen-bond donors (Lipinski definition) is 1. The Morgan fingerprint density at radius 3 is 2.41 bits per heavy atom. The molecule has 1 heterocycles. The van der Waals surface area contributed by atoms with E-state index in [1.807, 2.05) is 0 Å². The molecular weight excluding hydrogens is 302 g/mol. The van der Waals surface area contributed by atoms with Gasteiger partial charge in [0.1, 0.15) is 5.75 Å². The fourth-order valence-electron chi connectivity index (χ4n) is 2.51. The Hall–Kier alpha value is -2.07. The summed E-state index contributed by atoms with van der Waals surface area (Å²) in [5.74, 6) is 0.177. The molecule has 0 amide bonds. The highest BCUT2D eigenvalue weighted by Crippen LogP contribution is 2.26. The summed E-state index contributed by atoms with van der Waals surface area (Å²) in [4.78, 5) is 27.2. The van der Waals surface area contributed by atoms with Crippen LogP contribution in [-0.4, -0.2) is 22.7 Å². The van der Waals surface area contributed by atoms with Crippen molar-refractivity contribution in [3.63, 3.8) is 0 Å².